The summed E-state index contributed by atoms with van der Waals surface area (Å²) in [6, 6.07) is 10.9. The van der Waals surface area contributed by atoms with Gasteiger partial charge in [-0.05, 0) is 32.0 Å². The number of pyridine rings is 1. The van der Waals surface area contributed by atoms with Crippen molar-refractivity contribution in [2.45, 2.75) is 13.8 Å². The molecule has 3 aromatic heterocycles. The Balaban J connectivity index is 1.93. The van der Waals surface area contributed by atoms with Crippen molar-refractivity contribution in [1.82, 2.24) is 24.7 Å². The quantitative estimate of drug-likeness (QED) is 0.456. The van der Waals surface area contributed by atoms with Crippen LogP contribution >= 0.6 is 11.6 Å². The maximum absolute atomic E-state index is 6.70. The molecule has 30 heavy (non-hydrogen) atoms. The van der Waals surface area contributed by atoms with Gasteiger partial charge in [-0.15, -0.1) is 10.2 Å². The van der Waals surface area contributed by atoms with Crippen LogP contribution in [-0.2, 0) is 0 Å². The summed E-state index contributed by atoms with van der Waals surface area (Å²) < 4.78 is 18.4. The Morgan fingerprint density at radius 1 is 0.967 bits per heavy atom. The van der Waals surface area contributed by atoms with Gasteiger partial charge in [-0.3, -0.25) is 4.57 Å². The molecule has 0 aliphatic carbocycles. The maximum Gasteiger partial charge on any atom is 0.213 e. The zero-order valence-corrected chi connectivity index (χ0v) is 17.8. The molecule has 9 heteroatoms. The SMILES string of the molecule is CCOc1cccc(-c2nnc3c(nc(C)n3-c3c(OC)cccc3OC)c2Cl)n1. The van der Waals surface area contributed by atoms with Crippen molar-refractivity contribution in [2.75, 3.05) is 20.8 Å². The van der Waals surface area contributed by atoms with Crippen molar-refractivity contribution in [3.8, 4) is 34.5 Å². The van der Waals surface area contributed by atoms with Gasteiger partial charge in [-0.1, -0.05) is 23.7 Å². The fourth-order valence-corrected chi connectivity index (χ4v) is 3.53. The van der Waals surface area contributed by atoms with Gasteiger partial charge in [0.2, 0.25) is 5.88 Å². The number of ether oxygens (including phenoxy) is 3. The summed E-state index contributed by atoms with van der Waals surface area (Å²) in [6.45, 7) is 4.27. The van der Waals surface area contributed by atoms with Crippen LogP contribution in [0.4, 0.5) is 0 Å². The van der Waals surface area contributed by atoms with Crippen molar-refractivity contribution < 1.29 is 14.2 Å². The largest absolute Gasteiger partial charge is 0.494 e. The van der Waals surface area contributed by atoms with Crippen molar-refractivity contribution in [1.29, 1.82) is 0 Å². The van der Waals surface area contributed by atoms with Crippen molar-refractivity contribution in [3.63, 3.8) is 0 Å². The van der Waals surface area contributed by atoms with Crippen LogP contribution in [0.2, 0.25) is 5.02 Å². The highest BCUT2D eigenvalue weighted by Crippen LogP contribution is 2.37. The first kappa shape index (κ1) is 19.9. The van der Waals surface area contributed by atoms with E-state index in [1.165, 1.54) is 0 Å². The Kier molecular flexibility index (Phi) is 5.41. The molecule has 0 aliphatic heterocycles. The molecule has 0 radical (unpaired) electrons. The molecule has 0 aliphatic rings. The predicted molar refractivity (Wildman–Crippen MR) is 114 cm³/mol. The first-order chi connectivity index (χ1) is 14.6. The van der Waals surface area contributed by atoms with E-state index in [0.717, 1.165) is 0 Å². The zero-order valence-electron chi connectivity index (χ0n) is 17.0. The van der Waals surface area contributed by atoms with E-state index in [9.17, 15) is 0 Å². The molecule has 0 N–H and O–H groups in total. The van der Waals surface area contributed by atoms with Gasteiger partial charge in [0.25, 0.3) is 0 Å². The highest BCUT2D eigenvalue weighted by atomic mass is 35.5. The topological polar surface area (TPSA) is 84.2 Å². The second-order valence-electron chi connectivity index (χ2n) is 6.33. The second kappa shape index (κ2) is 8.16. The van der Waals surface area contributed by atoms with Crippen LogP contribution < -0.4 is 14.2 Å². The van der Waals surface area contributed by atoms with Crippen LogP contribution in [0.25, 0.3) is 28.2 Å². The Morgan fingerprint density at radius 3 is 2.33 bits per heavy atom. The standard InChI is InChI=1S/C21H20ClN5O3/c1-5-30-16-11-6-8-13(24-16)18-17(22)19-21(26-25-18)27(12(2)23-19)20-14(28-3)9-7-10-15(20)29-4/h6-11H,5H2,1-4H3. The molecule has 4 aromatic rings. The summed E-state index contributed by atoms with van der Waals surface area (Å²) in [6.07, 6.45) is 0. The van der Waals surface area contributed by atoms with Gasteiger partial charge in [-0.25, -0.2) is 9.97 Å². The molecule has 154 valence electrons. The molecular weight excluding hydrogens is 406 g/mol. The average Bonchev–Trinajstić information content (AvgIpc) is 3.10. The van der Waals surface area contributed by atoms with Gasteiger partial charge < -0.3 is 14.2 Å². The Morgan fingerprint density at radius 2 is 1.67 bits per heavy atom. The van der Waals surface area contributed by atoms with Gasteiger partial charge in [0.05, 0.1) is 31.5 Å². The number of nitrogens with zero attached hydrogens (tertiary/aromatic N) is 5. The molecular formula is C21H20ClN5O3. The summed E-state index contributed by atoms with van der Waals surface area (Å²) in [4.78, 5) is 9.10. The van der Waals surface area contributed by atoms with Crippen LogP contribution in [-0.4, -0.2) is 45.6 Å². The fraction of sp³-hybridized carbons (Fsp3) is 0.238. The van der Waals surface area contributed by atoms with E-state index in [1.54, 1.807) is 26.4 Å². The number of para-hydroxylation sites is 1. The van der Waals surface area contributed by atoms with Crippen molar-refractivity contribution in [2.24, 2.45) is 0 Å². The smallest absolute Gasteiger partial charge is 0.213 e. The van der Waals surface area contributed by atoms with E-state index in [-0.39, 0.29) is 0 Å². The number of hydrogen-bond acceptors (Lipinski definition) is 7. The minimum atomic E-state index is 0.358. The molecule has 0 spiro atoms. The molecule has 0 unspecified atom stereocenters. The zero-order chi connectivity index (χ0) is 21.3. The number of halogens is 1. The first-order valence-electron chi connectivity index (χ1n) is 9.31. The molecule has 8 nitrogen and oxygen atoms in total. The first-order valence-corrected chi connectivity index (χ1v) is 9.69. The Bertz CT molecular complexity index is 1200. The lowest BCUT2D eigenvalue weighted by atomic mass is 10.2. The van der Waals surface area contributed by atoms with Crippen LogP contribution in [0.15, 0.2) is 36.4 Å². The number of aromatic nitrogens is 5. The van der Waals surface area contributed by atoms with Crippen LogP contribution in [0.1, 0.15) is 12.7 Å². The van der Waals surface area contributed by atoms with Gasteiger partial charge in [0.15, 0.2) is 5.65 Å². The Hall–Kier alpha value is -3.39. The van der Waals surface area contributed by atoms with Crippen molar-refractivity contribution >= 4 is 22.8 Å². The summed E-state index contributed by atoms with van der Waals surface area (Å²) in [5, 5.41) is 9.12. The molecule has 1 aromatic carbocycles. The molecule has 0 bridgehead atoms. The van der Waals surface area contributed by atoms with Crippen LogP contribution in [0.3, 0.4) is 0 Å². The van der Waals surface area contributed by atoms with Gasteiger partial charge in [-0.2, -0.15) is 0 Å². The van der Waals surface area contributed by atoms with E-state index in [2.05, 4.69) is 20.2 Å². The lowest BCUT2D eigenvalue weighted by Gasteiger charge is -2.15. The van der Waals surface area contributed by atoms with E-state index in [4.69, 9.17) is 25.8 Å². The van der Waals surface area contributed by atoms with Gasteiger partial charge in [0.1, 0.15) is 34.2 Å². The minimum absolute atomic E-state index is 0.358. The third kappa shape index (κ3) is 3.29. The van der Waals surface area contributed by atoms with Gasteiger partial charge >= 0.3 is 0 Å². The fourth-order valence-electron chi connectivity index (χ4n) is 3.27. The number of hydrogen-bond donors (Lipinski definition) is 0. The maximum atomic E-state index is 6.70. The molecule has 0 amide bonds. The normalized spacial score (nSPS) is 11.0. The molecule has 0 fully saturated rings. The summed E-state index contributed by atoms with van der Waals surface area (Å²) in [5.74, 6) is 2.39. The highest BCUT2D eigenvalue weighted by Gasteiger charge is 2.23. The summed E-state index contributed by atoms with van der Waals surface area (Å²) >= 11 is 6.70. The minimum Gasteiger partial charge on any atom is -0.494 e. The highest BCUT2D eigenvalue weighted by molar-refractivity contribution is 6.37. The summed E-state index contributed by atoms with van der Waals surface area (Å²) in [5.41, 5.74) is 2.67. The van der Waals surface area contributed by atoms with Crippen LogP contribution in [0.5, 0.6) is 17.4 Å². The number of benzene rings is 1. The second-order valence-corrected chi connectivity index (χ2v) is 6.71. The molecule has 0 atom stereocenters. The number of aryl methyl sites for hydroxylation is 1. The molecule has 0 saturated carbocycles. The lowest BCUT2D eigenvalue weighted by Crippen LogP contribution is -2.05. The van der Waals surface area contributed by atoms with E-state index >= 15 is 0 Å². The van der Waals surface area contributed by atoms with E-state index in [0.29, 0.717) is 63.1 Å². The van der Waals surface area contributed by atoms with Crippen LogP contribution in [0, 0.1) is 6.92 Å². The van der Waals surface area contributed by atoms with Crippen molar-refractivity contribution in [3.05, 3.63) is 47.2 Å². The van der Waals surface area contributed by atoms with Gasteiger partial charge in [0, 0.05) is 6.07 Å². The third-order valence-electron chi connectivity index (χ3n) is 4.57. The van der Waals surface area contributed by atoms with E-state index in [1.807, 2.05) is 42.7 Å². The average molecular weight is 426 g/mol. The molecule has 0 saturated heterocycles. The molecule has 4 rings (SSSR count). The summed E-state index contributed by atoms with van der Waals surface area (Å²) in [7, 11) is 3.20. The number of rotatable bonds is 6. The third-order valence-corrected chi connectivity index (χ3v) is 4.92. The Labute approximate surface area is 178 Å². The number of fused-ring (bicyclic) bond motifs is 1. The number of methoxy groups -OCH3 is 2. The predicted octanol–water partition coefficient (Wildman–Crippen LogP) is 4.26. The number of imidazole rings is 1. The van der Waals surface area contributed by atoms with E-state index < -0.39 is 0 Å². The lowest BCUT2D eigenvalue weighted by molar-refractivity contribution is 0.327. The monoisotopic (exact) mass is 425 g/mol. The molecule has 3 heterocycles.